The van der Waals surface area contributed by atoms with Gasteiger partial charge in [-0.3, -0.25) is 4.79 Å². The molecule has 3 nitrogen and oxygen atoms in total. The van der Waals surface area contributed by atoms with Gasteiger partial charge < -0.3 is 0 Å². The van der Waals surface area contributed by atoms with E-state index in [-0.39, 0.29) is 17.5 Å². The molecular weight excluding hydrogens is 267 g/mol. The highest BCUT2D eigenvalue weighted by molar-refractivity contribution is 6.08. The number of hydrogen-bond donors (Lipinski definition) is 0. The number of carbonyl (C=O) groups excluding carboxylic acids is 1. The Morgan fingerprint density at radius 3 is 2.62 bits per heavy atom. The van der Waals surface area contributed by atoms with Crippen molar-refractivity contribution in [3.8, 4) is 0 Å². The summed E-state index contributed by atoms with van der Waals surface area (Å²) in [6, 6.07) is 13.9. The highest BCUT2D eigenvalue weighted by atomic mass is 19.1. The number of carbonyl (C=O) groups is 1. The Bertz CT molecular complexity index is 754. The van der Waals surface area contributed by atoms with Crippen molar-refractivity contribution in [2.75, 3.05) is 6.54 Å². The number of azo groups is 1. The maximum atomic E-state index is 13.1. The molecule has 0 bridgehead atoms. The molecule has 0 amide bonds. The summed E-state index contributed by atoms with van der Waals surface area (Å²) in [5.41, 5.74) is 1.85. The molecule has 4 heteroatoms. The second kappa shape index (κ2) is 4.32. The Hall–Kier alpha value is -2.36. The smallest absolute Gasteiger partial charge is 0.193 e. The van der Waals surface area contributed by atoms with Crippen LogP contribution in [0.25, 0.3) is 0 Å². The number of hydrogen-bond acceptors (Lipinski definition) is 3. The van der Waals surface area contributed by atoms with Crippen LogP contribution in [0.2, 0.25) is 0 Å². The minimum atomic E-state index is -0.832. The number of nitrogens with zero attached hydrogens (tertiary/aromatic N) is 2. The van der Waals surface area contributed by atoms with Crippen molar-refractivity contribution in [1.29, 1.82) is 0 Å². The van der Waals surface area contributed by atoms with E-state index < -0.39 is 5.54 Å². The molecule has 4 rings (SSSR count). The molecule has 1 heterocycles. The Kier molecular flexibility index (Phi) is 2.55. The fraction of sp³-hybridized carbons (Fsp3) is 0.235. The number of halogens is 1. The summed E-state index contributed by atoms with van der Waals surface area (Å²) in [6.07, 6.45) is 0.577. The highest BCUT2D eigenvalue weighted by Crippen LogP contribution is 2.46. The molecule has 104 valence electrons. The molecule has 21 heavy (non-hydrogen) atoms. The molecular formula is C17H13FN2O. The summed E-state index contributed by atoms with van der Waals surface area (Å²) >= 11 is 0. The van der Waals surface area contributed by atoms with Gasteiger partial charge in [0.2, 0.25) is 0 Å². The summed E-state index contributed by atoms with van der Waals surface area (Å²) < 4.78 is 13.1. The van der Waals surface area contributed by atoms with Crippen LogP contribution in [0.5, 0.6) is 0 Å². The van der Waals surface area contributed by atoms with Crippen molar-refractivity contribution in [2.24, 2.45) is 10.2 Å². The van der Waals surface area contributed by atoms with Crippen LogP contribution in [-0.2, 0) is 6.42 Å². The zero-order chi connectivity index (χ0) is 14.4. The molecule has 1 aliphatic carbocycles. The van der Waals surface area contributed by atoms with Crippen LogP contribution in [0.4, 0.5) is 4.39 Å². The largest absolute Gasteiger partial charge is 0.291 e. The summed E-state index contributed by atoms with van der Waals surface area (Å²) in [6.45, 7) is 0.478. The third-order valence-electron chi connectivity index (χ3n) is 4.48. The van der Waals surface area contributed by atoms with Crippen LogP contribution in [-0.4, -0.2) is 17.9 Å². The van der Waals surface area contributed by atoms with Crippen molar-refractivity contribution in [3.63, 3.8) is 0 Å². The molecule has 0 aromatic heterocycles. The fourth-order valence-corrected chi connectivity index (χ4v) is 3.41. The summed E-state index contributed by atoms with van der Waals surface area (Å²) in [5, 5.41) is 8.47. The molecule has 2 atom stereocenters. The molecule has 2 aromatic carbocycles. The number of rotatable bonds is 1. The average Bonchev–Trinajstić information content (AvgIpc) is 3.04. The molecule has 0 N–H and O–H groups in total. The van der Waals surface area contributed by atoms with E-state index in [1.807, 2.05) is 24.3 Å². The molecule has 0 fully saturated rings. The van der Waals surface area contributed by atoms with Gasteiger partial charge in [-0.2, -0.15) is 10.2 Å². The van der Waals surface area contributed by atoms with E-state index in [9.17, 15) is 9.18 Å². The SMILES string of the molecule is O=C1c2ccccc2CC12N=NCC2c1ccc(F)cc1. The van der Waals surface area contributed by atoms with Gasteiger partial charge in [-0.05, 0) is 23.3 Å². The third-order valence-corrected chi connectivity index (χ3v) is 4.48. The van der Waals surface area contributed by atoms with Gasteiger partial charge >= 0.3 is 0 Å². The maximum Gasteiger partial charge on any atom is 0.193 e. The number of ketones is 1. The lowest BCUT2D eigenvalue weighted by atomic mass is 9.78. The summed E-state index contributed by atoms with van der Waals surface area (Å²) in [5.74, 6) is -0.354. The third kappa shape index (κ3) is 1.68. The zero-order valence-electron chi connectivity index (χ0n) is 11.3. The van der Waals surface area contributed by atoms with Gasteiger partial charge in [-0.25, -0.2) is 4.39 Å². The minimum absolute atomic E-state index is 0.0358. The lowest BCUT2D eigenvalue weighted by Gasteiger charge is -2.25. The van der Waals surface area contributed by atoms with E-state index in [0.29, 0.717) is 13.0 Å². The maximum absolute atomic E-state index is 13.1. The Balaban J connectivity index is 1.79. The first kappa shape index (κ1) is 12.4. The first-order valence-corrected chi connectivity index (χ1v) is 6.97. The predicted octanol–water partition coefficient (Wildman–Crippen LogP) is 3.55. The number of fused-ring (bicyclic) bond motifs is 1. The fourth-order valence-electron chi connectivity index (χ4n) is 3.41. The first-order chi connectivity index (χ1) is 10.2. The predicted molar refractivity (Wildman–Crippen MR) is 76.1 cm³/mol. The second-order valence-electron chi connectivity index (χ2n) is 5.62. The molecule has 0 radical (unpaired) electrons. The lowest BCUT2D eigenvalue weighted by molar-refractivity contribution is 0.0897. The molecule has 1 aliphatic heterocycles. The molecule has 0 saturated carbocycles. The first-order valence-electron chi connectivity index (χ1n) is 6.97. The quantitative estimate of drug-likeness (QED) is 0.787. The van der Waals surface area contributed by atoms with E-state index >= 15 is 0 Å². The van der Waals surface area contributed by atoms with Gasteiger partial charge in [0, 0.05) is 17.9 Å². The van der Waals surface area contributed by atoms with Gasteiger partial charge in [0.15, 0.2) is 11.3 Å². The summed E-state index contributed by atoms with van der Waals surface area (Å²) in [4.78, 5) is 12.8. The monoisotopic (exact) mass is 280 g/mol. The van der Waals surface area contributed by atoms with E-state index in [1.165, 1.54) is 12.1 Å². The van der Waals surface area contributed by atoms with Gasteiger partial charge in [0.25, 0.3) is 0 Å². The number of Topliss-reactive ketones (excluding diaryl/α,β-unsaturated/α-hetero) is 1. The lowest BCUT2D eigenvalue weighted by Crippen LogP contribution is -2.38. The van der Waals surface area contributed by atoms with Gasteiger partial charge in [-0.15, -0.1) is 0 Å². The Morgan fingerprint density at radius 1 is 1.10 bits per heavy atom. The second-order valence-corrected chi connectivity index (χ2v) is 5.62. The van der Waals surface area contributed by atoms with Crippen molar-refractivity contribution >= 4 is 5.78 Å². The Morgan fingerprint density at radius 2 is 1.86 bits per heavy atom. The molecule has 2 aliphatic rings. The van der Waals surface area contributed by atoms with Crippen LogP contribution in [0.3, 0.4) is 0 Å². The topological polar surface area (TPSA) is 41.8 Å². The van der Waals surface area contributed by atoms with E-state index in [0.717, 1.165) is 16.7 Å². The van der Waals surface area contributed by atoms with Crippen LogP contribution in [0.15, 0.2) is 58.8 Å². The van der Waals surface area contributed by atoms with E-state index in [4.69, 9.17) is 0 Å². The molecule has 2 aromatic rings. The van der Waals surface area contributed by atoms with Crippen molar-refractivity contribution in [3.05, 3.63) is 71.0 Å². The summed E-state index contributed by atoms with van der Waals surface area (Å²) in [7, 11) is 0. The molecule has 0 saturated heterocycles. The average molecular weight is 280 g/mol. The van der Waals surface area contributed by atoms with Gasteiger partial charge in [0.1, 0.15) is 5.82 Å². The van der Waals surface area contributed by atoms with Crippen molar-refractivity contribution in [1.82, 2.24) is 0 Å². The van der Waals surface area contributed by atoms with Gasteiger partial charge in [-0.1, -0.05) is 36.4 Å². The molecule has 1 spiro atoms. The standard InChI is InChI=1S/C17H13FN2O/c18-13-7-5-11(6-8-13)15-10-19-20-17(15)9-12-3-1-2-4-14(12)16(17)21/h1-8,15H,9-10H2. The van der Waals surface area contributed by atoms with Gasteiger partial charge in [0.05, 0.1) is 6.54 Å². The van der Waals surface area contributed by atoms with Crippen molar-refractivity contribution in [2.45, 2.75) is 17.9 Å². The van der Waals surface area contributed by atoms with E-state index in [2.05, 4.69) is 10.2 Å². The van der Waals surface area contributed by atoms with Crippen LogP contribution in [0, 0.1) is 5.82 Å². The highest BCUT2D eigenvalue weighted by Gasteiger charge is 2.54. The zero-order valence-corrected chi connectivity index (χ0v) is 11.3. The Labute approximate surface area is 121 Å². The van der Waals surface area contributed by atoms with Crippen LogP contribution in [0.1, 0.15) is 27.4 Å². The molecule has 2 unspecified atom stereocenters. The van der Waals surface area contributed by atoms with Crippen LogP contribution >= 0.6 is 0 Å². The van der Waals surface area contributed by atoms with Crippen molar-refractivity contribution < 1.29 is 9.18 Å². The normalized spacial score (nSPS) is 26.5. The van der Waals surface area contributed by atoms with E-state index in [1.54, 1.807) is 12.1 Å². The number of benzene rings is 2. The van der Waals surface area contributed by atoms with Crippen LogP contribution < -0.4 is 0 Å². The minimum Gasteiger partial charge on any atom is -0.291 e.